The number of thiophene rings is 1. The van der Waals surface area contributed by atoms with E-state index in [2.05, 4.69) is 26.8 Å². The highest BCUT2D eigenvalue weighted by Gasteiger charge is 2.51. The van der Waals surface area contributed by atoms with E-state index in [4.69, 9.17) is 9.47 Å². The van der Waals surface area contributed by atoms with Gasteiger partial charge in [0.1, 0.15) is 24.8 Å². The number of alkyl halides is 6. The lowest BCUT2D eigenvalue weighted by Gasteiger charge is -2.44. The number of piperidine rings is 2. The van der Waals surface area contributed by atoms with E-state index in [9.17, 15) is 59.8 Å². The van der Waals surface area contributed by atoms with Crippen molar-refractivity contribution in [2.75, 3.05) is 118 Å². The van der Waals surface area contributed by atoms with Crippen LogP contribution >= 0.6 is 48.6 Å². The number of nitrogens with zero attached hydrogens (tertiary/aromatic N) is 8. The van der Waals surface area contributed by atoms with Gasteiger partial charge in [-0.25, -0.2) is 9.18 Å². The number of hydrogen-bond acceptors (Lipinski definition) is 11. The van der Waals surface area contributed by atoms with Crippen molar-refractivity contribution >= 4 is 84.0 Å². The predicted molar refractivity (Wildman–Crippen MR) is 395 cm³/mol. The molecule has 3 aliphatic heterocycles. The molecule has 0 radical (unpaired) electrons. The van der Waals surface area contributed by atoms with Crippen LogP contribution in [0, 0.1) is 11.7 Å². The Labute approximate surface area is 627 Å². The summed E-state index contributed by atoms with van der Waals surface area (Å²) in [4.78, 5) is 83.9. The first-order chi connectivity index (χ1) is 48.4. The van der Waals surface area contributed by atoms with Gasteiger partial charge in [-0.2, -0.15) is 26.3 Å². The quantitative estimate of drug-likeness (QED) is 0.0353. The van der Waals surface area contributed by atoms with Gasteiger partial charge in [0.05, 0.1) is 34.3 Å². The minimum absolute atomic E-state index is 0. The van der Waals surface area contributed by atoms with E-state index in [1.807, 2.05) is 90.8 Å². The van der Waals surface area contributed by atoms with Gasteiger partial charge < -0.3 is 44.0 Å². The fraction of sp³-hybridized carbons (Fsp3) is 0.494. The van der Waals surface area contributed by atoms with Crippen molar-refractivity contribution in [3.8, 4) is 11.1 Å². The highest BCUT2D eigenvalue weighted by Crippen LogP contribution is 2.49. The number of likely N-dealkylation sites (tertiary alicyclic amines) is 2. The van der Waals surface area contributed by atoms with Crippen LogP contribution in [0.4, 0.5) is 41.2 Å². The van der Waals surface area contributed by atoms with Crippen LogP contribution in [0.5, 0.6) is 0 Å². The normalized spacial score (nSPS) is 18.3. The SMILES string of the molecule is CN(CCN1CCC(N(C(=O)O)c2ccccc2-c2ccccc2)CC1)C(=O)CCCCCN(Cc1ccc(C(=O)N(C)CCCN(C)C(=O)CO[C@H]2Cc3ccccc3C23CCN(CC[C@@]2(c4ccc(F)cc4)CN(C(=O)c4cc(C(F)(F)F)cc(C(F)(F)F)c4)CO2)CC3)s1)CC1CC1.Cl.Cl.Cl. The molecule has 0 unspecified atom stereocenters. The topological polar surface area (TPSA) is 150 Å². The molecule has 5 aliphatic rings. The minimum Gasteiger partial charge on any atom is -0.465 e. The van der Waals surface area contributed by atoms with E-state index in [1.165, 1.54) is 54.0 Å². The number of carbonyl (C=O) groups is 5. The summed E-state index contributed by atoms with van der Waals surface area (Å²) in [6.07, 6.45) is -1.72. The number of likely N-dealkylation sites (N-methyl/N-ethyl adjacent to an activating group) is 2. The number of anilines is 1. The van der Waals surface area contributed by atoms with Crippen LogP contribution in [-0.4, -0.2) is 194 Å². The maximum Gasteiger partial charge on any atom is 0.416 e. The molecule has 5 aromatic carbocycles. The van der Waals surface area contributed by atoms with Gasteiger partial charge in [-0.05, 0) is 167 Å². The average Bonchev–Trinajstić information content (AvgIpc) is 1.60. The fourth-order valence-electron chi connectivity index (χ4n) is 15.0. The Hall–Kier alpha value is -6.87. The second-order valence-corrected chi connectivity index (χ2v) is 29.2. The van der Waals surface area contributed by atoms with Crippen LogP contribution in [0.2, 0.25) is 0 Å². The molecule has 104 heavy (non-hydrogen) atoms. The van der Waals surface area contributed by atoms with Crippen LogP contribution in [-0.2, 0) is 55.4 Å². The standard InChI is InChI=1S/C77H91F7N8O8S.3ClH/c1-85(70(94)51-99-68-47-56-17-9-11-19-65(56)74(68)32-40-89(41-33-74)42-34-75(58-24-26-61(78)27-25-58)52-91(53-100-75)71(95)57-45-59(76(79,80)81)48-60(46-57)77(82,83)84)35-14-36-87(3)72(96)67-29-28-63(101-67)50-90(49-54-22-23-54)37-13-5-8-21-69(93)86(2)43-44-88-38-30-62(31-39-88)92(73(97)98)66-20-12-10-18-64(66)55-15-6-4-7-16-55;;;/h4,6-7,9-12,15-20,24-29,45-46,48,54,62,68H,5,8,13-14,21-23,30-44,47,49-53H2,1-3H3,(H,97,98);3*1H/t68-,75-;;;/m0.../s1. The Morgan fingerprint density at radius 2 is 1.30 bits per heavy atom. The molecule has 5 amide bonds. The smallest absolute Gasteiger partial charge is 0.416 e. The first-order valence-corrected chi connectivity index (χ1v) is 36.0. The number of halogens is 10. The third kappa shape index (κ3) is 20.6. The van der Waals surface area contributed by atoms with E-state index >= 15 is 0 Å². The van der Waals surface area contributed by atoms with Gasteiger partial charge in [0.25, 0.3) is 11.8 Å². The second kappa shape index (κ2) is 36.6. The molecule has 566 valence electrons. The van der Waals surface area contributed by atoms with Gasteiger partial charge in [-0.3, -0.25) is 29.0 Å². The summed E-state index contributed by atoms with van der Waals surface area (Å²) in [6, 6.07) is 35.8. The summed E-state index contributed by atoms with van der Waals surface area (Å²) in [6.45, 7) is 7.23. The van der Waals surface area contributed by atoms with E-state index in [0.717, 1.165) is 85.0 Å². The predicted octanol–water partition coefficient (Wildman–Crippen LogP) is 15.0. The van der Waals surface area contributed by atoms with Crippen LogP contribution in [0.25, 0.3) is 11.1 Å². The van der Waals surface area contributed by atoms with Gasteiger partial charge in [-0.15, -0.1) is 48.6 Å². The van der Waals surface area contributed by atoms with Crippen molar-refractivity contribution in [2.24, 2.45) is 5.92 Å². The summed E-state index contributed by atoms with van der Waals surface area (Å²) in [5.41, 5.74) is -0.299. The number of fused-ring (bicyclic) bond motifs is 2. The first kappa shape index (κ1) is 82.8. The molecular weight excluding hydrogens is 1440 g/mol. The van der Waals surface area contributed by atoms with Crippen LogP contribution in [0.15, 0.2) is 133 Å². The van der Waals surface area contributed by atoms with Crippen molar-refractivity contribution < 1.29 is 69.3 Å². The van der Waals surface area contributed by atoms with Gasteiger partial charge in [0, 0.05) is 114 Å². The van der Waals surface area contributed by atoms with Crippen LogP contribution in [0.1, 0.15) is 130 Å². The lowest BCUT2D eigenvalue weighted by molar-refractivity contribution is -0.143. The Morgan fingerprint density at radius 1 is 0.663 bits per heavy atom. The zero-order valence-corrected chi connectivity index (χ0v) is 62.2. The molecule has 1 aromatic heterocycles. The molecule has 1 saturated carbocycles. The van der Waals surface area contributed by atoms with Crippen LogP contribution in [0.3, 0.4) is 0 Å². The molecule has 2 atom stereocenters. The van der Waals surface area contributed by atoms with Crippen molar-refractivity contribution in [3.63, 3.8) is 0 Å². The Balaban J connectivity index is 0.00000456. The van der Waals surface area contributed by atoms with E-state index in [0.29, 0.717) is 118 Å². The van der Waals surface area contributed by atoms with Gasteiger partial charge in [0.15, 0.2) is 0 Å². The van der Waals surface area contributed by atoms with Crippen molar-refractivity contribution in [1.82, 2.24) is 34.3 Å². The lowest BCUT2D eigenvalue weighted by atomic mass is 9.72. The van der Waals surface area contributed by atoms with Crippen molar-refractivity contribution in [3.05, 3.63) is 182 Å². The molecule has 11 rings (SSSR count). The summed E-state index contributed by atoms with van der Waals surface area (Å²) in [7, 11) is 5.39. The molecule has 4 fully saturated rings. The Kier molecular flexibility index (Phi) is 29.1. The molecule has 27 heteroatoms. The number of para-hydroxylation sites is 1. The number of ether oxygens (including phenoxy) is 2. The molecule has 1 N–H and O–H groups in total. The van der Waals surface area contributed by atoms with Gasteiger partial charge in [0.2, 0.25) is 11.8 Å². The number of benzene rings is 5. The zero-order valence-electron chi connectivity index (χ0n) is 58.9. The van der Waals surface area contributed by atoms with E-state index < -0.39 is 64.6 Å². The third-order valence-electron chi connectivity index (χ3n) is 21.1. The van der Waals surface area contributed by atoms with E-state index in [-0.39, 0.29) is 92.7 Å². The van der Waals surface area contributed by atoms with Crippen molar-refractivity contribution in [2.45, 2.75) is 126 Å². The van der Waals surface area contributed by atoms with E-state index in [1.54, 1.807) is 28.8 Å². The fourth-order valence-corrected chi connectivity index (χ4v) is 16.1. The van der Waals surface area contributed by atoms with Crippen molar-refractivity contribution in [1.29, 1.82) is 0 Å². The Bertz CT molecular complexity index is 3810. The highest BCUT2D eigenvalue weighted by molar-refractivity contribution is 7.14. The largest absolute Gasteiger partial charge is 0.465 e. The average molecular weight is 1530 g/mol. The summed E-state index contributed by atoms with van der Waals surface area (Å²) >= 11 is 1.52. The molecule has 2 aliphatic carbocycles. The summed E-state index contributed by atoms with van der Waals surface area (Å²) in [5, 5.41) is 10.4. The number of hydrogen-bond donors (Lipinski definition) is 1. The molecular formula is C77H94Cl3F7N8O8S. The minimum atomic E-state index is -5.15. The monoisotopic (exact) mass is 1530 g/mol. The maximum atomic E-state index is 14.3. The number of unbranched alkanes of at least 4 members (excludes halogenated alkanes) is 2. The third-order valence-corrected chi connectivity index (χ3v) is 22.2. The summed E-state index contributed by atoms with van der Waals surface area (Å²) < 4.78 is 110. The molecule has 1 spiro atoms. The molecule has 6 aromatic rings. The lowest BCUT2D eigenvalue weighted by Crippen LogP contribution is -2.50. The number of carbonyl (C=O) groups excluding carboxylic acids is 4. The van der Waals surface area contributed by atoms with Gasteiger partial charge in [-0.1, -0.05) is 91.3 Å². The van der Waals surface area contributed by atoms with Crippen LogP contribution < -0.4 is 4.90 Å². The molecule has 4 heterocycles. The number of carboxylic acid groups (broad SMARTS) is 1. The van der Waals surface area contributed by atoms with Gasteiger partial charge >= 0.3 is 18.4 Å². The first-order valence-electron chi connectivity index (χ1n) is 35.2. The second-order valence-electron chi connectivity index (χ2n) is 28.1. The number of rotatable bonds is 29. The maximum absolute atomic E-state index is 14.3. The molecule has 0 bridgehead atoms. The zero-order chi connectivity index (χ0) is 71.6. The highest BCUT2D eigenvalue weighted by atomic mass is 35.5. The summed E-state index contributed by atoms with van der Waals surface area (Å²) in [5.74, 6) is -1.04. The molecule has 3 saturated heterocycles. The molecule has 16 nitrogen and oxygen atoms in total. The number of amides is 5. The Morgan fingerprint density at radius 3 is 1.97 bits per heavy atom.